The molecule has 0 bridgehead atoms. The van der Waals surface area contributed by atoms with E-state index in [-0.39, 0.29) is 0 Å². The third-order valence-corrected chi connectivity index (χ3v) is 12.0. The molecule has 2 heteroatoms. The molecule has 0 amide bonds. The van der Waals surface area contributed by atoms with E-state index in [2.05, 4.69) is 63.3 Å². The van der Waals surface area contributed by atoms with Crippen molar-refractivity contribution in [1.82, 2.24) is 0 Å². The molecule has 31 heavy (non-hydrogen) atoms. The maximum atomic E-state index is 6.09. The molecule has 0 aromatic rings. The second-order valence-corrected chi connectivity index (χ2v) is 13.2. The van der Waals surface area contributed by atoms with Crippen molar-refractivity contribution < 1.29 is 4.74 Å². The molecule has 0 spiro atoms. The van der Waals surface area contributed by atoms with Crippen molar-refractivity contribution in [3.63, 3.8) is 0 Å². The van der Waals surface area contributed by atoms with E-state index in [1.807, 2.05) is 0 Å². The van der Waals surface area contributed by atoms with Crippen LogP contribution in [0.5, 0.6) is 0 Å². The van der Waals surface area contributed by atoms with Gasteiger partial charge in [-0.25, -0.2) is 0 Å². The van der Waals surface area contributed by atoms with Crippen molar-refractivity contribution in [2.45, 2.75) is 111 Å². The Morgan fingerprint density at radius 3 is 2.58 bits per heavy atom. The van der Waals surface area contributed by atoms with Crippen molar-refractivity contribution in [3.05, 3.63) is 11.6 Å². The summed E-state index contributed by atoms with van der Waals surface area (Å²) in [6.45, 7) is 13.1. The van der Waals surface area contributed by atoms with Crippen LogP contribution < -0.4 is 0 Å². The number of fused-ring (bicyclic) bond motifs is 5. The zero-order valence-electron chi connectivity index (χ0n) is 21.1. The maximum absolute atomic E-state index is 6.09. The fraction of sp³-hybridized carbons (Fsp3) is 0.931. The van der Waals surface area contributed by atoms with E-state index in [9.17, 15) is 0 Å². The molecule has 0 aliphatic heterocycles. The summed E-state index contributed by atoms with van der Waals surface area (Å²) in [6, 6.07) is 0. The predicted octanol–water partition coefficient (Wildman–Crippen LogP) is 8.85. The smallest absolute Gasteiger partial charge is 0.0612 e. The van der Waals surface area contributed by atoms with Crippen LogP contribution in [0.25, 0.3) is 0 Å². The molecule has 8 atom stereocenters. The number of hydrogen-bond acceptors (Lipinski definition) is 1. The Balaban J connectivity index is 1.50. The van der Waals surface area contributed by atoms with Crippen LogP contribution in [-0.2, 0) is 4.74 Å². The van der Waals surface area contributed by atoms with Crippen molar-refractivity contribution in [2.75, 3.05) is 11.0 Å². The average molecular weight is 541 g/mol. The monoisotopic (exact) mass is 540 g/mol. The lowest BCUT2D eigenvalue weighted by atomic mass is 9.47. The molecule has 4 aliphatic carbocycles. The summed E-state index contributed by atoms with van der Waals surface area (Å²) in [5.74, 6) is 5.63. The lowest BCUT2D eigenvalue weighted by molar-refractivity contribution is -0.0606. The SMILES string of the molecule is CCO[C@H]1CC[C@@]2(CI)C(=CC[C@@H]3[C@@H]2CC[C@]2(C)[C@@H]([C@H](C)CCCC(C)C)CC[C@@H]32)C1. The van der Waals surface area contributed by atoms with Gasteiger partial charge in [0.2, 0.25) is 0 Å². The predicted molar refractivity (Wildman–Crippen MR) is 142 cm³/mol. The minimum atomic E-state index is 0.486. The molecule has 0 aromatic carbocycles. The average Bonchev–Trinajstić information content (AvgIpc) is 3.10. The number of alkyl halides is 1. The second kappa shape index (κ2) is 9.96. The summed E-state index contributed by atoms with van der Waals surface area (Å²) in [5.41, 5.74) is 2.91. The normalized spacial score (nSPS) is 43.2. The number of hydrogen-bond donors (Lipinski definition) is 0. The molecular weight excluding hydrogens is 491 g/mol. The lowest BCUT2D eigenvalue weighted by Gasteiger charge is -2.59. The molecule has 3 fully saturated rings. The Bertz CT molecular complexity index is 641. The van der Waals surface area contributed by atoms with Gasteiger partial charge in [0.1, 0.15) is 0 Å². The molecule has 0 unspecified atom stereocenters. The van der Waals surface area contributed by atoms with Gasteiger partial charge in [0.25, 0.3) is 0 Å². The van der Waals surface area contributed by atoms with Crippen LogP contribution >= 0.6 is 22.6 Å². The Kier molecular flexibility index (Phi) is 7.89. The molecule has 0 saturated heterocycles. The molecule has 4 aliphatic rings. The van der Waals surface area contributed by atoms with E-state index >= 15 is 0 Å². The summed E-state index contributed by atoms with van der Waals surface area (Å²) in [6.07, 6.45) is 18.8. The number of ether oxygens (including phenoxy) is 1. The van der Waals surface area contributed by atoms with Crippen LogP contribution in [0.15, 0.2) is 11.6 Å². The van der Waals surface area contributed by atoms with Crippen LogP contribution in [0.4, 0.5) is 0 Å². The summed E-state index contributed by atoms with van der Waals surface area (Å²) in [5, 5.41) is 0. The van der Waals surface area contributed by atoms with Crippen LogP contribution in [-0.4, -0.2) is 17.1 Å². The highest BCUT2D eigenvalue weighted by Gasteiger charge is 2.60. The van der Waals surface area contributed by atoms with Crippen LogP contribution in [0.1, 0.15) is 105 Å². The van der Waals surface area contributed by atoms with E-state index in [4.69, 9.17) is 4.74 Å². The highest BCUT2D eigenvalue weighted by Crippen LogP contribution is 2.67. The summed E-state index contributed by atoms with van der Waals surface area (Å²) in [7, 11) is 0. The second-order valence-electron chi connectivity index (χ2n) is 12.5. The van der Waals surface area contributed by atoms with Gasteiger partial charge < -0.3 is 4.74 Å². The minimum absolute atomic E-state index is 0.486. The Labute approximate surface area is 207 Å². The Morgan fingerprint density at radius 1 is 1.06 bits per heavy atom. The van der Waals surface area contributed by atoms with Gasteiger partial charge in [-0.05, 0) is 99.2 Å². The number of halogens is 1. The van der Waals surface area contributed by atoms with Gasteiger partial charge in [0, 0.05) is 16.4 Å². The zero-order chi connectivity index (χ0) is 22.2. The number of allylic oxidation sites excluding steroid dienone is 1. The summed E-state index contributed by atoms with van der Waals surface area (Å²) >= 11 is 2.75. The Hall–Kier alpha value is 0.430. The molecule has 0 aromatic heterocycles. The van der Waals surface area contributed by atoms with Gasteiger partial charge in [-0.15, -0.1) is 0 Å². The molecule has 3 saturated carbocycles. The van der Waals surface area contributed by atoms with Crippen LogP contribution in [0, 0.1) is 46.3 Å². The van der Waals surface area contributed by atoms with Crippen molar-refractivity contribution >= 4 is 22.6 Å². The van der Waals surface area contributed by atoms with Crippen molar-refractivity contribution in [2.24, 2.45) is 46.3 Å². The summed E-state index contributed by atoms with van der Waals surface area (Å²) < 4.78 is 7.42. The molecule has 0 heterocycles. The molecule has 0 N–H and O–H groups in total. The fourth-order valence-corrected chi connectivity index (χ4v) is 10.5. The standard InChI is InChI=1S/C29H49IO/c1-6-31-23-14-17-29(19-30)22(18-23)10-11-24-26-13-12-25(21(4)9-7-8-20(2)3)28(26,5)16-15-27(24)29/h10,20-21,23-27H,6-9,11-19H2,1-5H3/t21-,23+,24+,25-,26+,27+,28-,29-/m1/s1. The van der Waals surface area contributed by atoms with Gasteiger partial charge in [-0.1, -0.05) is 81.2 Å². The first-order valence-electron chi connectivity index (χ1n) is 13.7. The first-order chi connectivity index (χ1) is 14.9. The fourth-order valence-electron chi connectivity index (χ4n) is 9.07. The Morgan fingerprint density at radius 2 is 1.87 bits per heavy atom. The third-order valence-electron chi connectivity index (χ3n) is 10.6. The van der Waals surface area contributed by atoms with Gasteiger partial charge in [-0.3, -0.25) is 0 Å². The lowest BCUT2D eigenvalue weighted by Crippen LogP contribution is -2.52. The molecular formula is C29H49IO. The molecule has 178 valence electrons. The highest BCUT2D eigenvalue weighted by molar-refractivity contribution is 14.1. The van der Waals surface area contributed by atoms with Gasteiger partial charge >= 0.3 is 0 Å². The quantitative estimate of drug-likeness (QED) is 0.170. The van der Waals surface area contributed by atoms with Gasteiger partial charge in [-0.2, -0.15) is 0 Å². The maximum Gasteiger partial charge on any atom is 0.0612 e. The van der Waals surface area contributed by atoms with Crippen molar-refractivity contribution in [3.8, 4) is 0 Å². The highest BCUT2D eigenvalue weighted by atomic mass is 127. The zero-order valence-corrected chi connectivity index (χ0v) is 23.3. The van der Waals surface area contributed by atoms with Gasteiger partial charge in [0.05, 0.1) is 6.10 Å². The van der Waals surface area contributed by atoms with E-state index in [1.54, 1.807) is 5.57 Å². The summed E-state index contributed by atoms with van der Waals surface area (Å²) in [4.78, 5) is 0. The van der Waals surface area contributed by atoms with Crippen LogP contribution in [0.3, 0.4) is 0 Å². The molecule has 1 nitrogen and oxygen atoms in total. The van der Waals surface area contributed by atoms with Gasteiger partial charge in [0.15, 0.2) is 0 Å². The molecule has 4 rings (SSSR count). The third kappa shape index (κ3) is 4.44. The van der Waals surface area contributed by atoms with Crippen LogP contribution in [0.2, 0.25) is 0 Å². The van der Waals surface area contributed by atoms with E-state index < -0.39 is 0 Å². The van der Waals surface area contributed by atoms with E-state index in [0.29, 0.717) is 16.9 Å². The first kappa shape index (κ1) is 24.6. The van der Waals surface area contributed by atoms with E-state index in [0.717, 1.165) is 42.1 Å². The number of rotatable bonds is 8. The van der Waals surface area contributed by atoms with E-state index in [1.165, 1.54) is 75.1 Å². The largest absolute Gasteiger partial charge is 0.378 e. The minimum Gasteiger partial charge on any atom is -0.378 e. The molecule has 0 radical (unpaired) electrons. The van der Waals surface area contributed by atoms with Crippen molar-refractivity contribution in [1.29, 1.82) is 0 Å². The first-order valence-corrected chi connectivity index (χ1v) is 15.2. The topological polar surface area (TPSA) is 9.23 Å².